The fraction of sp³-hybridized carbons (Fsp3) is 0.294. The Labute approximate surface area is 147 Å². The van der Waals surface area contributed by atoms with Gasteiger partial charge in [0.05, 0.1) is 6.42 Å². The number of hydrogen-bond acceptors (Lipinski definition) is 5. The molecule has 0 bridgehead atoms. The van der Waals surface area contributed by atoms with E-state index in [0.29, 0.717) is 37.4 Å². The summed E-state index contributed by atoms with van der Waals surface area (Å²) in [6.07, 6.45) is 1.60. The first-order valence-corrected chi connectivity index (χ1v) is 8.24. The van der Waals surface area contributed by atoms with Crippen molar-refractivity contribution in [2.24, 2.45) is 0 Å². The lowest BCUT2D eigenvalue weighted by molar-refractivity contribution is -0.130. The number of carbonyl (C=O) groups is 1. The summed E-state index contributed by atoms with van der Waals surface area (Å²) < 4.78 is 27.9. The van der Waals surface area contributed by atoms with Gasteiger partial charge < -0.3 is 9.80 Å². The largest absolute Gasteiger partial charge is 0.352 e. The molecule has 1 aromatic carbocycles. The zero-order chi connectivity index (χ0) is 18.1. The van der Waals surface area contributed by atoms with Gasteiger partial charge in [-0.15, -0.1) is 15.3 Å². The van der Waals surface area contributed by atoms with Crippen molar-refractivity contribution in [3.63, 3.8) is 0 Å². The van der Waals surface area contributed by atoms with E-state index in [4.69, 9.17) is 0 Å². The van der Waals surface area contributed by atoms with Crippen LogP contribution in [0, 0.1) is 11.6 Å². The number of amides is 1. The van der Waals surface area contributed by atoms with E-state index in [-0.39, 0.29) is 12.3 Å². The van der Waals surface area contributed by atoms with Crippen molar-refractivity contribution in [1.29, 1.82) is 0 Å². The number of aromatic nitrogens is 4. The van der Waals surface area contributed by atoms with Crippen molar-refractivity contribution in [1.82, 2.24) is 24.7 Å². The molecular formula is C17H16F2N6O. The van der Waals surface area contributed by atoms with Crippen molar-refractivity contribution in [3.05, 3.63) is 53.9 Å². The predicted octanol–water partition coefficient (Wildman–Crippen LogP) is 1.29. The van der Waals surface area contributed by atoms with Crippen molar-refractivity contribution in [3.8, 4) is 0 Å². The first-order chi connectivity index (χ1) is 12.6. The van der Waals surface area contributed by atoms with Gasteiger partial charge in [-0.05, 0) is 29.8 Å². The molecule has 1 fully saturated rings. The molecule has 1 saturated heterocycles. The number of anilines is 1. The topological polar surface area (TPSA) is 66.6 Å². The van der Waals surface area contributed by atoms with Crippen molar-refractivity contribution in [2.45, 2.75) is 6.42 Å². The number of piperazine rings is 1. The fourth-order valence-corrected chi connectivity index (χ4v) is 3.01. The monoisotopic (exact) mass is 358 g/mol. The van der Waals surface area contributed by atoms with Gasteiger partial charge in [-0.2, -0.15) is 4.52 Å². The quantitative estimate of drug-likeness (QED) is 0.706. The van der Waals surface area contributed by atoms with E-state index in [1.54, 1.807) is 15.7 Å². The summed E-state index contributed by atoms with van der Waals surface area (Å²) in [5.41, 5.74) is 1.14. The van der Waals surface area contributed by atoms with Gasteiger partial charge in [0.25, 0.3) is 0 Å². The smallest absolute Gasteiger partial charge is 0.227 e. The van der Waals surface area contributed by atoms with Crippen LogP contribution in [0.2, 0.25) is 0 Å². The fourth-order valence-electron chi connectivity index (χ4n) is 3.01. The molecule has 2 aromatic heterocycles. The van der Waals surface area contributed by atoms with Crippen LogP contribution in [0.25, 0.3) is 5.65 Å². The molecule has 7 nitrogen and oxygen atoms in total. The molecule has 3 heterocycles. The first-order valence-electron chi connectivity index (χ1n) is 8.24. The number of hydrogen-bond donors (Lipinski definition) is 0. The lowest BCUT2D eigenvalue weighted by Crippen LogP contribution is -2.49. The Hall–Kier alpha value is -3.10. The molecule has 1 amide bonds. The summed E-state index contributed by atoms with van der Waals surface area (Å²) in [6.45, 7) is 2.38. The standard InChI is InChI=1S/C17H16F2N6O/c18-13-2-1-12(9-14(13)19)10-17(26)24-7-5-23(6-8-24)16-4-3-15-21-20-11-25(15)22-16/h1-4,9,11H,5-8,10H2. The molecule has 4 rings (SSSR count). The maximum atomic E-state index is 13.3. The molecule has 1 aliphatic rings. The van der Waals surface area contributed by atoms with Gasteiger partial charge in [0.1, 0.15) is 12.1 Å². The molecule has 9 heteroatoms. The van der Waals surface area contributed by atoms with Crippen LogP contribution in [0.3, 0.4) is 0 Å². The maximum Gasteiger partial charge on any atom is 0.227 e. The molecule has 0 saturated carbocycles. The highest BCUT2D eigenvalue weighted by Crippen LogP contribution is 2.15. The predicted molar refractivity (Wildman–Crippen MR) is 89.6 cm³/mol. The Morgan fingerprint density at radius 2 is 1.85 bits per heavy atom. The Kier molecular flexibility index (Phi) is 4.19. The zero-order valence-corrected chi connectivity index (χ0v) is 13.8. The molecule has 1 aliphatic heterocycles. The second-order valence-corrected chi connectivity index (χ2v) is 6.12. The molecule has 0 atom stereocenters. The van der Waals surface area contributed by atoms with Gasteiger partial charge in [-0.25, -0.2) is 8.78 Å². The van der Waals surface area contributed by atoms with Crippen LogP contribution in [0.15, 0.2) is 36.7 Å². The molecule has 0 radical (unpaired) electrons. The zero-order valence-electron chi connectivity index (χ0n) is 13.8. The van der Waals surface area contributed by atoms with Crippen LogP contribution in [0.5, 0.6) is 0 Å². The highest BCUT2D eigenvalue weighted by Gasteiger charge is 2.22. The van der Waals surface area contributed by atoms with Crippen molar-refractivity contribution >= 4 is 17.4 Å². The summed E-state index contributed by atoms with van der Waals surface area (Å²) in [5.74, 6) is -1.15. The van der Waals surface area contributed by atoms with Crippen molar-refractivity contribution < 1.29 is 13.6 Å². The Bertz CT molecular complexity index is 951. The minimum Gasteiger partial charge on any atom is -0.352 e. The summed E-state index contributed by atoms with van der Waals surface area (Å²) in [7, 11) is 0. The molecular weight excluding hydrogens is 342 g/mol. The second kappa shape index (κ2) is 6.66. The van der Waals surface area contributed by atoms with E-state index >= 15 is 0 Å². The maximum absolute atomic E-state index is 13.3. The van der Waals surface area contributed by atoms with Crippen molar-refractivity contribution in [2.75, 3.05) is 31.1 Å². The molecule has 26 heavy (non-hydrogen) atoms. The summed E-state index contributed by atoms with van der Waals surface area (Å²) in [5, 5.41) is 12.2. The van der Waals surface area contributed by atoms with Gasteiger partial charge in [-0.3, -0.25) is 4.79 Å². The Balaban J connectivity index is 1.37. The van der Waals surface area contributed by atoms with Gasteiger partial charge in [0.15, 0.2) is 17.3 Å². The van der Waals surface area contributed by atoms with Crippen LogP contribution in [-0.2, 0) is 11.2 Å². The molecule has 134 valence electrons. The minimum atomic E-state index is -0.935. The van der Waals surface area contributed by atoms with Crippen LogP contribution < -0.4 is 4.90 Å². The third kappa shape index (κ3) is 3.19. The van der Waals surface area contributed by atoms with E-state index in [2.05, 4.69) is 20.2 Å². The molecule has 0 N–H and O–H groups in total. The average Bonchev–Trinajstić information content (AvgIpc) is 3.12. The number of carbonyl (C=O) groups excluding carboxylic acids is 1. The molecule has 3 aromatic rings. The van der Waals surface area contributed by atoms with E-state index in [9.17, 15) is 13.6 Å². The van der Waals surface area contributed by atoms with E-state index in [1.165, 1.54) is 6.07 Å². The van der Waals surface area contributed by atoms with Gasteiger partial charge in [-0.1, -0.05) is 6.07 Å². The van der Waals surface area contributed by atoms with E-state index in [1.807, 2.05) is 12.1 Å². The summed E-state index contributed by atoms with van der Waals surface area (Å²) in [4.78, 5) is 16.2. The van der Waals surface area contributed by atoms with Crippen LogP contribution >= 0.6 is 0 Å². The summed E-state index contributed by atoms with van der Waals surface area (Å²) in [6, 6.07) is 7.27. The van der Waals surface area contributed by atoms with Crippen LogP contribution in [0.4, 0.5) is 14.6 Å². The number of rotatable bonds is 3. The molecule has 0 unspecified atom stereocenters. The number of fused-ring (bicyclic) bond motifs is 1. The highest BCUT2D eigenvalue weighted by molar-refractivity contribution is 5.79. The number of halogens is 2. The number of nitrogens with zero attached hydrogens (tertiary/aromatic N) is 6. The molecule has 0 aliphatic carbocycles. The van der Waals surface area contributed by atoms with Crippen LogP contribution in [-0.4, -0.2) is 56.8 Å². The first kappa shape index (κ1) is 16.4. The summed E-state index contributed by atoms with van der Waals surface area (Å²) >= 11 is 0. The highest BCUT2D eigenvalue weighted by atomic mass is 19.2. The van der Waals surface area contributed by atoms with Gasteiger partial charge in [0.2, 0.25) is 5.91 Å². The third-order valence-electron chi connectivity index (χ3n) is 4.44. The lowest BCUT2D eigenvalue weighted by atomic mass is 10.1. The Morgan fingerprint density at radius 3 is 2.62 bits per heavy atom. The number of benzene rings is 1. The van der Waals surface area contributed by atoms with Gasteiger partial charge >= 0.3 is 0 Å². The lowest BCUT2D eigenvalue weighted by Gasteiger charge is -2.35. The van der Waals surface area contributed by atoms with E-state index < -0.39 is 11.6 Å². The normalized spacial score (nSPS) is 14.8. The van der Waals surface area contributed by atoms with Gasteiger partial charge in [0, 0.05) is 26.2 Å². The van der Waals surface area contributed by atoms with Crippen LogP contribution in [0.1, 0.15) is 5.56 Å². The second-order valence-electron chi connectivity index (χ2n) is 6.12. The van der Waals surface area contributed by atoms with E-state index in [0.717, 1.165) is 18.0 Å². The average molecular weight is 358 g/mol. The Morgan fingerprint density at radius 1 is 1.04 bits per heavy atom. The SMILES string of the molecule is O=C(Cc1ccc(F)c(F)c1)N1CCN(c2ccc3nncn3n2)CC1. The molecule has 0 spiro atoms. The third-order valence-corrected chi connectivity index (χ3v) is 4.44. The minimum absolute atomic E-state index is 0.0577.